The summed E-state index contributed by atoms with van der Waals surface area (Å²) in [5.74, 6) is -0.369. The maximum Gasteiger partial charge on any atom is 0.258 e. The molecule has 5 heteroatoms. The standard InChI is InChI=1S/C15H16N2O2S/c16-14(18)13-10-12(11-4-2-1-3-5-11)15(20-13)17-6-8-19-9-7-17/h1-5,10H,6-9H2,(H2,16,18). The van der Waals surface area contributed by atoms with Gasteiger partial charge >= 0.3 is 0 Å². The number of carbonyl (C=O) groups is 1. The minimum Gasteiger partial charge on any atom is -0.378 e. The number of carbonyl (C=O) groups excluding carboxylic acids is 1. The lowest BCUT2D eigenvalue weighted by Gasteiger charge is -2.28. The molecule has 1 saturated heterocycles. The van der Waals surface area contributed by atoms with Crippen molar-refractivity contribution in [3.05, 3.63) is 41.3 Å². The Labute approximate surface area is 121 Å². The molecule has 0 radical (unpaired) electrons. The largest absolute Gasteiger partial charge is 0.378 e. The van der Waals surface area contributed by atoms with Gasteiger partial charge in [-0.15, -0.1) is 11.3 Å². The van der Waals surface area contributed by atoms with Crippen LogP contribution in [0, 0.1) is 0 Å². The maximum absolute atomic E-state index is 11.5. The third-order valence-corrected chi connectivity index (χ3v) is 4.55. The van der Waals surface area contributed by atoms with Gasteiger partial charge in [0.15, 0.2) is 0 Å². The zero-order valence-electron chi connectivity index (χ0n) is 11.0. The topological polar surface area (TPSA) is 55.6 Å². The number of anilines is 1. The van der Waals surface area contributed by atoms with E-state index in [0.717, 1.165) is 42.4 Å². The van der Waals surface area contributed by atoms with Gasteiger partial charge in [0.1, 0.15) is 0 Å². The molecule has 104 valence electrons. The van der Waals surface area contributed by atoms with Crippen LogP contribution in [-0.4, -0.2) is 32.2 Å². The number of benzene rings is 1. The predicted molar refractivity (Wildman–Crippen MR) is 81.3 cm³/mol. The molecular formula is C15H16N2O2S. The molecule has 1 aliphatic rings. The van der Waals surface area contributed by atoms with Crippen LogP contribution >= 0.6 is 11.3 Å². The highest BCUT2D eigenvalue weighted by Crippen LogP contribution is 2.39. The minimum absolute atomic E-state index is 0.369. The van der Waals surface area contributed by atoms with E-state index in [1.807, 2.05) is 24.3 Å². The molecule has 1 aromatic heterocycles. The number of nitrogens with two attached hydrogens (primary N) is 1. The van der Waals surface area contributed by atoms with Gasteiger partial charge in [-0.1, -0.05) is 30.3 Å². The number of hydrogen-bond donors (Lipinski definition) is 1. The van der Waals surface area contributed by atoms with Gasteiger partial charge in [-0.05, 0) is 11.6 Å². The number of morpholine rings is 1. The molecule has 2 N–H and O–H groups in total. The first kappa shape index (κ1) is 13.1. The van der Waals surface area contributed by atoms with Crippen molar-refractivity contribution in [2.45, 2.75) is 0 Å². The van der Waals surface area contributed by atoms with Gasteiger partial charge in [-0.3, -0.25) is 4.79 Å². The van der Waals surface area contributed by atoms with Gasteiger partial charge in [-0.25, -0.2) is 0 Å². The zero-order valence-corrected chi connectivity index (χ0v) is 11.9. The Kier molecular flexibility index (Phi) is 3.71. The van der Waals surface area contributed by atoms with Crippen molar-refractivity contribution in [3.63, 3.8) is 0 Å². The molecule has 0 unspecified atom stereocenters. The van der Waals surface area contributed by atoms with Crippen LogP contribution in [0.4, 0.5) is 5.00 Å². The van der Waals surface area contributed by atoms with Crippen LogP contribution < -0.4 is 10.6 Å². The molecule has 20 heavy (non-hydrogen) atoms. The second kappa shape index (κ2) is 5.64. The summed E-state index contributed by atoms with van der Waals surface area (Å²) in [5, 5.41) is 1.10. The highest BCUT2D eigenvalue weighted by atomic mass is 32.1. The Hall–Kier alpha value is -1.85. The van der Waals surface area contributed by atoms with Gasteiger partial charge in [0.05, 0.1) is 23.1 Å². The molecular weight excluding hydrogens is 272 g/mol. The summed E-state index contributed by atoms with van der Waals surface area (Å²) in [6.45, 7) is 3.13. The molecule has 2 aromatic rings. The van der Waals surface area contributed by atoms with Crippen molar-refractivity contribution < 1.29 is 9.53 Å². The molecule has 1 fully saturated rings. The molecule has 0 atom stereocenters. The molecule has 1 amide bonds. The average molecular weight is 288 g/mol. The number of amides is 1. The molecule has 0 aliphatic carbocycles. The van der Waals surface area contributed by atoms with Gasteiger partial charge in [0, 0.05) is 18.7 Å². The molecule has 3 rings (SSSR count). The van der Waals surface area contributed by atoms with Crippen LogP contribution in [0.3, 0.4) is 0 Å². The van der Waals surface area contributed by atoms with E-state index in [0.29, 0.717) is 4.88 Å². The third kappa shape index (κ3) is 2.55. The molecule has 1 aliphatic heterocycles. The van der Waals surface area contributed by atoms with E-state index in [1.165, 1.54) is 11.3 Å². The van der Waals surface area contributed by atoms with Crippen LogP contribution in [0.1, 0.15) is 9.67 Å². The summed E-state index contributed by atoms with van der Waals surface area (Å²) in [4.78, 5) is 14.3. The van der Waals surface area contributed by atoms with Crippen LogP contribution in [-0.2, 0) is 4.74 Å². The van der Waals surface area contributed by atoms with E-state index in [9.17, 15) is 4.79 Å². The summed E-state index contributed by atoms with van der Waals surface area (Å²) in [7, 11) is 0. The normalized spacial score (nSPS) is 15.3. The third-order valence-electron chi connectivity index (χ3n) is 3.34. The number of thiophene rings is 1. The molecule has 0 bridgehead atoms. The predicted octanol–water partition coefficient (Wildman–Crippen LogP) is 2.35. The van der Waals surface area contributed by atoms with Crippen molar-refractivity contribution in [1.82, 2.24) is 0 Å². The summed E-state index contributed by atoms with van der Waals surface area (Å²) in [5.41, 5.74) is 7.62. The number of rotatable bonds is 3. The first-order valence-corrected chi connectivity index (χ1v) is 7.39. The van der Waals surface area contributed by atoms with E-state index in [-0.39, 0.29) is 5.91 Å². The lowest BCUT2D eigenvalue weighted by Crippen LogP contribution is -2.35. The van der Waals surface area contributed by atoms with Crippen molar-refractivity contribution in [1.29, 1.82) is 0 Å². The highest BCUT2D eigenvalue weighted by molar-refractivity contribution is 7.18. The van der Waals surface area contributed by atoms with E-state index in [2.05, 4.69) is 17.0 Å². The Morgan fingerprint density at radius 1 is 1.20 bits per heavy atom. The van der Waals surface area contributed by atoms with Crippen LogP contribution in [0.5, 0.6) is 0 Å². The number of ether oxygens (including phenoxy) is 1. The maximum atomic E-state index is 11.5. The van der Waals surface area contributed by atoms with E-state index in [4.69, 9.17) is 10.5 Å². The van der Waals surface area contributed by atoms with Crippen molar-refractivity contribution in [2.75, 3.05) is 31.2 Å². The number of hydrogen-bond acceptors (Lipinski definition) is 4. The monoisotopic (exact) mass is 288 g/mol. The fraction of sp³-hybridized carbons (Fsp3) is 0.267. The minimum atomic E-state index is -0.369. The Balaban J connectivity index is 2.04. The van der Waals surface area contributed by atoms with Crippen LogP contribution in [0.2, 0.25) is 0 Å². The quantitative estimate of drug-likeness (QED) is 0.943. The van der Waals surface area contributed by atoms with Gasteiger partial charge in [0.25, 0.3) is 5.91 Å². The Morgan fingerprint density at radius 2 is 1.90 bits per heavy atom. The van der Waals surface area contributed by atoms with Crippen molar-refractivity contribution in [3.8, 4) is 11.1 Å². The summed E-state index contributed by atoms with van der Waals surface area (Å²) in [6.07, 6.45) is 0. The molecule has 1 aromatic carbocycles. The Bertz CT molecular complexity index is 604. The van der Waals surface area contributed by atoms with E-state index in [1.54, 1.807) is 0 Å². The first-order valence-electron chi connectivity index (χ1n) is 6.57. The molecule has 0 saturated carbocycles. The van der Waals surface area contributed by atoms with Gasteiger partial charge in [-0.2, -0.15) is 0 Å². The second-order valence-electron chi connectivity index (χ2n) is 4.66. The van der Waals surface area contributed by atoms with Crippen molar-refractivity contribution in [2.24, 2.45) is 5.73 Å². The summed E-state index contributed by atoms with van der Waals surface area (Å²) in [6, 6.07) is 12.0. The Morgan fingerprint density at radius 3 is 2.55 bits per heavy atom. The molecule has 2 heterocycles. The zero-order chi connectivity index (χ0) is 13.9. The van der Waals surface area contributed by atoms with E-state index < -0.39 is 0 Å². The van der Waals surface area contributed by atoms with E-state index >= 15 is 0 Å². The SMILES string of the molecule is NC(=O)c1cc(-c2ccccc2)c(N2CCOCC2)s1. The summed E-state index contributed by atoms with van der Waals surface area (Å²) >= 11 is 1.46. The van der Waals surface area contributed by atoms with Gasteiger partial charge < -0.3 is 15.4 Å². The lowest BCUT2D eigenvalue weighted by molar-refractivity contribution is 0.100. The average Bonchev–Trinajstić information content (AvgIpc) is 2.94. The summed E-state index contributed by atoms with van der Waals surface area (Å²) < 4.78 is 5.39. The second-order valence-corrected chi connectivity index (χ2v) is 5.69. The fourth-order valence-electron chi connectivity index (χ4n) is 2.33. The smallest absolute Gasteiger partial charge is 0.258 e. The van der Waals surface area contributed by atoms with Crippen LogP contribution in [0.25, 0.3) is 11.1 Å². The van der Waals surface area contributed by atoms with Crippen LogP contribution in [0.15, 0.2) is 36.4 Å². The molecule has 0 spiro atoms. The van der Waals surface area contributed by atoms with Gasteiger partial charge in [0.2, 0.25) is 0 Å². The highest BCUT2D eigenvalue weighted by Gasteiger charge is 2.20. The lowest BCUT2D eigenvalue weighted by atomic mass is 10.1. The fourth-order valence-corrected chi connectivity index (χ4v) is 3.41. The first-order chi connectivity index (χ1) is 9.75. The van der Waals surface area contributed by atoms with Crippen molar-refractivity contribution >= 4 is 22.2 Å². The number of nitrogens with zero attached hydrogens (tertiary/aromatic N) is 1. The number of primary amides is 1. The molecule has 4 nitrogen and oxygen atoms in total.